The minimum atomic E-state index is -3.72. The lowest BCUT2D eigenvalue weighted by Crippen LogP contribution is -2.34. The Bertz CT molecular complexity index is 567. The molecule has 0 fully saturated rings. The molecule has 98 valence electrons. The van der Waals surface area contributed by atoms with Gasteiger partial charge < -0.3 is 10.8 Å². The fourth-order valence-corrected chi connectivity index (χ4v) is 2.33. The van der Waals surface area contributed by atoms with Gasteiger partial charge in [-0.15, -0.1) is 0 Å². The van der Waals surface area contributed by atoms with Gasteiger partial charge in [-0.05, 0) is 17.7 Å². The van der Waals surface area contributed by atoms with Gasteiger partial charge >= 0.3 is 5.97 Å². The summed E-state index contributed by atoms with van der Waals surface area (Å²) in [6.07, 6.45) is 0. The van der Waals surface area contributed by atoms with Crippen molar-refractivity contribution in [1.29, 1.82) is 0 Å². The molecule has 0 heterocycles. The van der Waals surface area contributed by atoms with Gasteiger partial charge in [0.15, 0.2) is 0 Å². The summed E-state index contributed by atoms with van der Waals surface area (Å²) in [7, 11) is -3.72. The fraction of sp³-hybridized carbons (Fsp3) is 0.200. The van der Waals surface area contributed by atoms with Gasteiger partial charge in [0, 0.05) is 0 Å². The molecule has 1 amide bonds. The molecule has 4 N–H and O–H groups in total. The third-order valence-electron chi connectivity index (χ3n) is 2.00. The maximum Gasteiger partial charge on any atom is 0.335 e. The van der Waals surface area contributed by atoms with Gasteiger partial charge in [0.1, 0.15) is 0 Å². The van der Waals surface area contributed by atoms with Crippen molar-refractivity contribution in [1.82, 2.24) is 4.72 Å². The SMILES string of the molecule is NC(=O)CNS(=O)(=O)Cc1cccc(C(=O)O)c1. The quantitative estimate of drug-likeness (QED) is 0.630. The minimum Gasteiger partial charge on any atom is -0.478 e. The first-order valence-electron chi connectivity index (χ1n) is 4.88. The van der Waals surface area contributed by atoms with E-state index < -0.39 is 34.2 Å². The van der Waals surface area contributed by atoms with E-state index in [4.69, 9.17) is 10.8 Å². The zero-order valence-corrected chi connectivity index (χ0v) is 10.1. The summed E-state index contributed by atoms with van der Waals surface area (Å²) in [5, 5.41) is 8.76. The standard InChI is InChI=1S/C10H12N2O5S/c11-9(13)5-12-18(16,17)6-7-2-1-3-8(4-7)10(14)15/h1-4,12H,5-6H2,(H2,11,13)(H,14,15). The van der Waals surface area contributed by atoms with Crippen LogP contribution in [-0.4, -0.2) is 31.9 Å². The van der Waals surface area contributed by atoms with E-state index in [1.807, 2.05) is 4.72 Å². The summed E-state index contributed by atoms with van der Waals surface area (Å²) >= 11 is 0. The number of amides is 1. The molecular weight excluding hydrogens is 260 g/mol. The van der Waals surface area contributed by atoms with Crippen LogP contribution in [0.3, 0.4) is 0 Å². The van der Waals surface area contributed by atoms with Gasteiger partial charge in [-0.3, -0.25) is 4.79 Å². The van der Waals surface area contributed by atoms with E-state index in [1.165, 1.54) is 24.3 Å². The molecule has 18 heavy (non-hydrogen) atoms. The summed E-state index contributed by atoms with van der Waals surface area (Å²) < 4.78 is 25.0. The molecule has 0 saturated carbocycles. The van der Waals surface area contributed by atoms with Gasteiger partial charge in [0.25, 0.3) is 0 Å². The van der Waals surface area contributed by atoms with E-state index in [2.05, 4.69) is 0 Å². The number of carbonyl (C=O) groups is 2. The topological polar surface area (TPSA) is 127 Å². The average molecular weight is 272 g/mol. The third-order valence-corrected chi connectivity index (χ3v) is 3.29. The Balaban J connectivity index is 2.81. The van der Waals surface area contributed by atoms with Crippen molar-refractivity contribution < 1.29 is 23.1 Å². The molecular formula is C10H12N2O5S. The van der Waals surface area contributed by atoms with Gasteiger partial charge in [0.2, 0.25) is 15.9 Å². The van der Waals surface area contributed by atoms with Crippen LogP contribution < -0.4 is 10.5 Å². The number of carboxylic acid groups (broad SMARTS) is 1. The number of benzene rings is 1. The molecule has 1 aromatic rings. The summed E-state index contributed by atoms with van der Waals surface area (Å²) in [4.78, 5) is 21.2. The summed E-state index contributed by atoms with van der Waals surface area (Å²) in [6, 6.07) is 5.54. The van der Waals surface area contributed by atoms with Crippen molar-refractivity contribution >= 4 is 21.9 Å². The molecule has 0 atom stereocenters. The lowest BCUT2D eigenvalue weighted by Gasteiger charge is -2.05. The highest BCUT2D eigenvalue weighted by molar-refractivity contribution is 7.88. The smallest absolute Gasteiger partial charge is 0.335 e. The Morgan fingerprint density at radius 1 is 1.33 bits per heavy atom. The first kappa shape index (κ1) is 14.1. The van der Waals surface area contributed by atoms with Gasteiger partial charge in [-0.1, -0.05) is 12.1 Å². The van der Waals surface area contributed by atoms with Gasteiger partial charge in [-0.25, -0.2) is 17.9 Å². The van der Waals surface area contributed by atoms with E-state index in [-0.39, 0.29) is 5.56 Å². The maximum absolute atomic E-state index is 11.5. The number of aromatic carboxylic acids is 1. The van der Waals surface area contributed by atoms with Crippen molar-refractivity contribution in [2.45, 2.75) is 5.75 Å². The Labute approximate surface area is 104 Å². The van der Waals surface area contributed by atoms with Gasteiger partial charge in [0.05, 0.1) is 17.9 Å². The van der Waals surface area contributed by atoms with Gasteiger partial charge in [-0.2, -0.15) is 0 Å². The van der Waals surface area contributed by atoms with Crippen molar-refractivity contribution in [3.63, 3.8) is 0 Å². The highest BCUT2D eigenvalue weighted by Gasteiger charge is 2.13. The Hall–Kier alpha value is -1.93. The van der Waals surface area contributed by atoms with Crippen LogP contribution in [0, 0.1) is 0 Å². The number of hydrogen-bond acceptors (Lipinski definition) is 4. The van der Waals surface area contributed by atoms with E-state index in [9.17, 15) is 18.0 Å². The molecule has 1 aromatic carbocycles. The first-order valence-corrected chi connectivity index (χ1v) is 6.53. The monoisotopic (exact) mass is 272 g/mol. The highest BCUT2D eigenvalue weighted by Crippen LogP contribution is 2.08. The molecule has 0 aliphatic rings. The van der Waals surface area contributed by atoms with Crippen molar-refractivity contribution in [3.8, 4) is 0 Å². The van der Waals surface area contributed by atoms with E-state index in [0.29, 0.717) is 5.56 Å². The number of nitrogens with two attached hydrogens (primary N) is 1. The number of hydrogen-bond donors (Lipinski definition) is 3. The molecule has 0 aromatic heterocycles. The highest BCUT2D eigenvalue weighted by atomic mass is 32.2. The van der Waals surface area contributed by atoms with Crippen LogP contribution >= 0.6 is 0 Å². The molecule has 7 nitrogen and oxygen atoms in total. The summed E-state index contributed by atoms with van der Waals surface area (Å²) in [5.74, 6) is -2.35. The molecule has 0 unspecified atom stereocenters. The number of nitrogens with one attached hydrogen (secondary N) is 1. The second-order valence-corrected chi connectivity index (χ2v) is 5.36. The lowest BCUT2D eigenvalue weighted by molar-refractivity contribution is -0.116. The third kappa shape index (κ3) is 4.52. The zero-order valence-electron chi connectivity index (χ0n) is 9.29. The largest absolute Gasteiger partial charge is 0.478 e. The van der Waals surface area contributed by atoms with Crippen LogP contribution in [0.1, 0.15) is 15.9 Å². The Kier molecular flexibility index (Phi) is 4.40. The predicted octanol–water partition coefficient (Wildman–Crippen LogP) is -0.710. The number of rotatable bonds is 6. The van der Waals surface area contributed by atoms with Crippen LogP contribution in [0.5, 0.6) is 0 Å². The zero-order chi connectivity index (χ0) is 13.8. The predicted molar refractivity (Wildman–Crippen MR) is 63.2 cm³/mol. The number of primary amides is 1. The fourth-order valence-electron chi connectivity index (χ4n) is 1.25. The lowest BCUT2D eigenvalue weighted by atomic mass is 10.1. The Morgan fingerprint density at radius 3 is 2.56 bits per heavy atom. The molecule has 0 radical (unpaired) electrons. The van der Waals surface area contributed by atoms with Crippen LogP contribution in [0.15, 0.2) is 24.3 Å². The summed E-state index contributed by atoms with van der Waals surface area (Å²) in [5.41, 5.74) is 5.12. The van der Waals surface area contributed by atoms with Crippen LogP contribution in [0.4, 0.5) is 0 Å². The van der Waals surface area contributed by atoms with Crippen molar-refractivity contribution in [2.75, 3.05) is 6.54 Å². The summed E-state index contributed by atoms with van der Waals surface area (Å²) in [6.45, 7) is -0.485. The van der Waals surface area contributed by atoms with E-state index in [0.717, 1.165) is 0 Å². The molecule has 0 saturated heterocycles. The van der Waals surface area contributed by atoms with Crippen LogP contribution in [0.2, 0.25) is 0 Å². The molecule has 0 bridgehead atoms. The normalized spacial score (nSPS) is 11.1. The molecule has 0 aliphatic carbocycles. The minimum absolute atomic E-state index is 0.00222. The van der Waals surface area contributed by atoms with Crippen molar-refractivity contribution in [3.05, 3.63) is 35.4 Å². The molecule has 0 spiro atoms. The maximum atomic E-state index is 11.5. The number of carboxylic acids is 1. The molecule has 0 aliphatic heterocycles. The Morgan fingerprint density at radius 2 is 2.00 bits per heavy atom. The van der Waals surface area contributed by atoms with Crippen molar-refractivity contribution in [2.24, 2.45) is 5.73 Å². The van der Waals surface area contributed by atoms with E-state index in [1.54, 1.807) is 0 Å². The molecule has 8 heteroatoms. The van der Waals surface area contributed by atoms with Crippen LogP contribution in [-0.2, 0) is 20.6 Å². The van der Waals surface area contributed by atoms with E-state index >= 15 is 0 Å². The number of carbonyl (C=O) groups excluding carboxylic acids is 1. The average Bonchev–Trinajstić information content (AvgIpc) is 2.26. The molecule has 1 rings (SSSR count). The van der Waals surface area contributed by atoms with Crippen LogP contribution in [0.25, 0.3) is 0 Å². The second kappa shape index (κ2) is 5.61. The first-order chi connectivity index (χ1) is 8.30. The second-order valence-electron chi connectivity index (χ2n) is 3.55. The number of sulfonamides is 1.